The maximum atomic E-state index is 10.8. The van der Waals surface area contributed by atoms with E-state index < -0.39 is 0 Å². The number of thiophene rings is 1. The SMILES string of the molecule is Cc1c(-c2cccs2)[nH]c2ccc([N+](=O)[O-])cc12. The van der Waals surface area contributed by atoms with Crippen molar-refractivity contribution in [3.63, 3.8) is 0 Å². The lowest BCUT2D eigenvalue weighted by atomic mass is 10.1. The van der Waals surface area contributed by atoms with Gasteiger partial charge in [0.15, 0.2) is 0 Å². The van der Waals surface area contributed by atoms with Crippen molar-refractivity contribution in [3.05, 3.63) is 51.4 Å². The quantitative estimate of drug-likeness (QED) is 0.555. The number of fused-ring (bicyclic) bond motifs is 1. The molecule has 0 spiro atoms. The fourth-order valence-corrected chi connectivity index (χ4v) is 2.88. The van der Waals surface area contributed by atoms with Crippen LogP contribution in [0.1, 0.15) is 5.56 Å². The molecule has 1 aromatic carbocycles. The first kappa shape index (κ1) is 11.0. The number of nitro benzene ring substituents is 1. The van der Waals surface area contributed by atoms with Crippen molar-refractivity contribution in [1.29, 1.82) is 0 Å². The second kappa shape index (κ2) is 3.96. The van der Waals surface area contributed by atoms with Gasteiger partial charge in [-0.1, -0.05) is 6.07 Å². The van der Waals surface area contributed by atoms with E-state index in [0.717, 1.165) is 27.0 Å². The van der Waals surface area contributed by atoms with E-state index in [1.54, 1.807) is 23.5 Å². The van der Waals surface area contributed by atoms with Crippen LogP contribution < -0.4 is 0 Å². The summed E-state index contributed by atoms with van der Waals surface area (Å²) in [6.45, 7) is 1.98. The van der Waals surface area contributed by atoms with Gasteiger partial charge in [0.25, 0.3) is 5.69 Å². The Morgan fingerprint density at radius 1 is 1.33 bits per heavy atom. The van der Waals surface area contributed by atoms with Crippen molar-refractivity contribution in [3.8, 4) is 10.6 Å². The molecule has 90 valence electrons. The third-order valence-electron chi connectivity index (χ3n) is 3.02. The van der Waals surface area contributed by atoms with E-state index in [4.69, 9.17) is 0 Å². The molecule has 0 bridgehead atoms. The summed E-state index contributed by atoms with van der Waals surface area (Å²) in [7, 11) is 0. The van der Waals surface area contributed by atoms with Crippen LogP contribution in [0.25, 0.3) is 21.5 Å². The van der Waals surface area contributed by atoms with Crippen molar-refractivity contribution in [2.45, 2.75) is 6.92 Å². The number of H-pyrrole nitrogens is 1. The van der Waals surface area contributed by atoms with Crippen molar-refractivity contribution >= 4 is 27.9 Å². The molecule has 0 radical (unpaired) electrons. The van der Waals surface area contributed by atoms with Crippen LogP contribution in [0.5, 0.6) is 0 Å². The van der Waals surface area contributed by atoms with Crippen LogP contribution in [0.2, 0.25) is 0 Å². The van der Waals surface area contributed by atoms with Gasteiger partial charge in [-0.05, 0) is 30.0 Å². The minimum Gasteiger partial charge on any atom is -0.354 e. The molecule has 0 saturated carbocycles. The van der Waals surface area contributed by atoms with Crippen LogP contribution in [0.3, 0.4) is 0 Å². The van der Waals surface area contributed by atoms with Crippen molar-refractivity contribution in [2.24, 2.45) is 0 Å². The number of aromatic nitrogens is 1. The maximum Gasteiger partial charge on any atom is 0.270 e. The van der Waals surface area contributed by atoms with E-state index in [1.165, 1.54) is 6.07 Å². The number of nitrogens with one attached hydrogen (secondary N) is 1. The summed E-state index contributed by atoms with van der Waals surface area (Å²) in [6, 6.07) is 8.94. The number of benzene rings is 1. The van der Waals surface area contributed by atoms with Gasteiger partial charge in [-0.15, -0.1) is 11.3 Å². The number of hydrogen-bond acceptors (Lipinski definition) is 3. The summed E-state index contributed by atoms with van der Waals surface area (Å²) < 4.78 is 0. The molecule has 2 aromatic heterocycles. The summed E-state index contributed by atoms with van der Waals surface area (Å²) in [6.07, 6.45) is 0. The Balaban J connectivity index is 2.25. The minimum atomic E-state index is -0.364. The maximum absolute atomic E-state index is 10.8. The molecule has 3 rings (SSSR count). The second-order valence-corrected chi connectivity index (χ2v) is 5.04. The van der Waals surface area contributed by atoms with Gasteiger partial charge in [-0.25, -0.2) is 0 Å². The lowest BCUT2D eigenvalue weighted by molar-refractivity contribution is -0.384. The van der Waals surface area contributed by atoms with Crippen molar-refractivity contribution in [2.75, 3.05) is 0 Å². The minimum absolute atomic E-state index is 0.127. The van der Waals surface area contributed by atoms with Crippen LogP contribution >= 0.6 is 11.3 Å². The zero-order chi connectivity index (χ0) is 12.7. The van der Waals surface area contributed by atoms with Gasteiger partial charge in [-0.3, -0.25) is 10.1 Å². The molecule has 0 amide bonds. The standard InChI is InChI=1S/C13H10N2O2S/c1-8-10-7-9(15(16)17)4-5-11(10)14-13(8)12-3-2-6-18-12/h2-7,14H,1H3. The molecule has 4 nitrogen and oxygen atoms in total. The van der Waals surface area contributed by atoms with Crippen molar-refractivity contribution in [1.82, 2.24) is 4.98 Å². The Hall–Kier alpha value is -2.14. The van der Waals surface area contributed by atoms with Gasteiger partial charge >= 0.3 is 0 Å². The highest BCUT2D eigenvalue weighted by atomic mass is 32.1. The number of nitrogens with zero attached hydrogens (tertiary/aromatic N) is 1. The fraction of sp³-hybridized carbons (Fsp3) is 0.0769. The number of non-ortho nitro benzene ring substituents is 1. The molecule has 3 aromatic rings. The predicted molar refractivity (Wildman–Crippen MR) is 73.0 cm³/mol. The summed E-state index contributed by atoms with van der Waals surface area (Å²) in [4.78, 5) is 14.9. The van der Waals surface area contributed by atoms with Crippen molar-refractivity contribution < 1.29 is 4.92 Å². The fourth-order valence-electron chi connectivity index (χ4n) is 2.10. The highest BCUT2D eigenvalue weighted by Crippen LogP contribution is 2.33. The predicted octanol–water partition coefficient (Wildman–Crippen LogP) is 4.11. The smallest absolute Gasteiger partial charge is 0.270 e. The number of nitro groups is 1. The van der Waals surface area contributed by atoms with Gasteiger partial charge in [-0.2, -0.15) is 0 Å². The van der Waals surface area contributed by atoms with Gasteiger partial charge in [0.1, 0.15) is 0 Å². The summed E-state index contributed by atoms with van der Waals surface area (Å²) >= 11 is 1.65. The van der Waals surface area contributed by atoms with E-state index in [2.05, 4.69) is 4.98 Å². The first-order valence-electron chi connectivity index (χ1n) is 5.47. The molecule has 0 aliphatic rings. The molecular formula is C13H10N2O2S. The molecule has 5 heteroatoms. The monoisotopic (exact) mass is 258 g/mol. The molecule has 0 saturated heterocycles. The summed E-state index contributed by atoms with van der Waals surface area (Å²) in [5.41, 5.74) is 3.15. The highest BCUT2D eigenvalue weighted by Gasteiger charge is 2.13. The molecule has 0 unspecified atom stereocenters. The Morgan fingerprint density at radius 3 is 2.83 bits per heavy atom. The number of rotatable bonds is 2. The number of aromatic amines is 1. The molecular weight excluding hydrogens is 248 g/mol. The van der Waals surface area contributed by atoms with Gasteiger partial charge in [0.05, 0.1) is 15.5 Å². The van der Waals surface area contributed by atoms with Crippen LogP contribution in [-0.4, -0.2) is 9.91 Å². The Kier molecular flexibility index (Phi) is 2.41. The van der Waals surface area contributed by atoms with Gasteiger partial charge in [0, 0.05) is 23.0 Å². The topological polar surface area (TPSA) is 58.9 Å². The van der Waals surface area contributed by atoms with E-state index in [0.29, 0.717) is 0 Å². The normalized spacial score (nSPS) is 10.9. The Labute approximate surface area is 107 Å². The first-order valence-corrected chi connectivity index (χ1v) is 6.35. The second-order valence-electron chi connectivity index (χ2n) is 4.09. The zero-order valence-electron chi connectivity index (χ0n) is 9.64. The molecule has 0 aliphatic carbocycles. The van der Waals surface area contributed by atoms with Crippen LogP contribution in [-0.2, 0) is 0 Å². The number of aryl methyl sites for hydroxylation is 1. The van der Waals surface area contributed by atoms with Gasteiger partial charge < -0.3 is 4.98 Å². The molecule has 0 atom stereocenters. The largest absolute Gasteiger partial charge is 0.354 e. The van der Waals surface area contributed by atoms with Crippen LogP contribution in [0.15, 0.2) is 35.7 Å². The average molecular weight is 258 g/mol. The lowest BCUT2D eigenvalue weighted by Crippen LogP contribution is -1.86. The van der Waals surface area contributed by atoms with Crippen LogP contribution in [0, 0.1) is 17.0 Å². The van der Waals surface area contributed by atoms with Gasteiger partial charge in [0.2, 0.25) is 0 Å². The molecule has 0 aliphatic heterocycles. The summed E-state index contributed by atoms with van der Waals surface area (Å²) in [5.74, 6) is 0. The Morgan fingerprint density at radius 2 is 2.17 bits per heavy atom. The van der Waals surface area contributed by atoms with E-state index >= 15 is 0 Å². The molecule has 1 N–H and O–H groups in total. The average Bonchev–Trinajstić information content (AvgIpc) is 2.97. The molecule has 2 heterocycles. The zero-order valence-corrected chi connectivity index (χ0v) is 10.5. The highest BCUT2D eigenvalue weighted by molar-refractivity contribution is 7.13. The third-order valence-corrected chi connectivity index (χ3v) is 3.91. The van der Waals surface area contributed by atoms with E-state index in [-0.39, 0.29) is 10.6 Å². The molecule has 0 fully saturated rings. The lowest BCUT2D eigenvalue weighted by Gasteiger charge is -1.94. The third kappa shape index (κ3) is 1.60. The first-order chi connectivity index (χ1) is 8.66. The van der Waals surface area contributed by atoms with Crippen LogP contribution in [0.4, 0.5) is 5.69 Å². The Bertz CT molecular complexity index is 729. The van der Waals surface area contributed by atoms with E-state index in [1.807, 2.05) is 24.4 Å². The van der Waals surface area contributed by atoms with E-state index in [9.17, 15) is 10.1 Å². The summed E-state index contributed by atoms with van der Waals surface area (Å²) in [5, 5.41) is 13.7. The molecule has 18 heavy (non-hydrogen) atoms. The number of hydrogen-bond donors (Lipinski definition) is 1.